The third-order valence-electron chi connectivity index (χ3n) is 7.34. The number of sulfone groups is 1. The van der Waals surface area contributed by atoms with E-state index < -0.39 is 21.3 Å². The van der Waals surface area contributed by atoms with E-state index in [-0.39, 0.29) is 23.2 Å². The molecular formula is C26H32N8O5S. The van der Waals surface area contributed by atoms with Gasteiger partial charge in [-0.1, -0.05) is 18.2 Å². The molecule has 1 aliphatic rings. The van der Waals surface area contributed by atoms with Crippen LogP contribution in [-0.4, -0.2) is 70.9 Å². The molecule has 5 rings (SSSR count). The highest BCUT2D eigenvalue weighted by Gasteiger charge is 2.44. The molecule has 0 unspecified atom stereocenters. The quantitative estimate of drug-likeness (QED) is 0.116. The van der Waals surface area contributed by atoms with Gasteiger partial charge in [-0.3, -0.25) is 10.2 Å². The molecule has 1 fully saturated rings. The predicted octanol–water partition coefficient (Wildman–Crippen LogP) is 1.62. The van der Waals surface area contributed by atoms with Gasteiger partial charge in [-0.05, 0) is 37.8 Å². The highest BCUT2D eigenvalue weighted by atomic mass is 32.2. The first-order valence-corrected chi connectivity index (χ1v) is 14.7. The molecule has 0 bridgehead atoms. The second-order valence-corrected chi connectivity index (χ2v) is 11.8. The van der Waals surface area contributed by atoms with Crippen molar-refractivity contribution in [2.75, 3.05) is 32.3 Å². The largest absolute Gasteiger partial charge is 0.382 e. The summed E-state index contributed by atoms with van der Waals surface area (Å²) in [6, 6.07) is 9.65. The summed E-state index contributed by atoms with van der Waals surface area (Å²) in [4.78, 5) is 17.5. The van der Waals surface area contributed by atoms with E-state index >= 15 is 0 Å². The minimum atomic E-state index is -3.77. The minimum Gasteiger partial charge on any atom is -0.382 e. The summed E-state index contributed by atoms with van der Waals surface area (Å²) in [5.41, 5.74) is 10.6. The molecule has 14 heteroatoms. The van der Waals surface area contributed by atoms with Crippen LogP contribution in [-0.2, 0) is 24.1 Å². The molecule has 13 nitrogen and oxygen atoms in total. The summed E-state index contributed by atoms with van der Waals surface area (Å²) in [5, 5.41) is 8.83. The lowest BCUT2D eigenvalue weighted by Crippen LogP contribution is -2.53. The van der Waals surface area contributed by atoms with Crippen molar-refractivity contribution in [3.8, 4) is 16.8 Å². The van der Waals surface area contributed by atoms with Crippen molar-refractivity contribution in [3.05, 3.63) is 54.6 Å². The summed E-state index contributed by atoms with van der Waals surface area (Å²) in [6.07, 6.45) is 7.75. The van der Waals surface area contributed by atoms with Crippen molar-refractivity contribution < 1.29 is 22.7 Å². The van der Waals surface area contributed by atoms with E-state index in [1.54, 1.807) is 24.2 Å². The fourth-order valence-electron chi connectivity index (χ4n) is 5.31. The van der Waals surface area contributed by atoms with Gasteiger partial charge in [0.05, 0.1) is 37.0 Å². The molecule has 0 atom stereocenters. The number of benzene rings is 1. The van der Waals surface area contributed by atoms with Gasteiger partial charge >= 0.3 is 0 Å². The van der Waals surface area contributed by atoms with Crippen molar-refractivity contribution >= 4 is 27.2 Å². The van der Waals surface area contributed by atoms with Gasteiger partial charge in [0.1, 0.15) is 16.3 Å². The van der Waals surface area contributed by atoms with Crippen LogP contribution < -0.4 is 17.0 Å². The number of nitrogens with two attached hydrogens (primary N) is 2. The number of rotatable bonds is 9. The van der Waals surface area contributed by atoms with E-state index in [1.165, 1.54) is 4.52 Å². The predicted molar refractivity (Wildman–Crippen MR) is 147 cm³/mol. The van der Waals surface area contributed by atoms with Gasteiger partial charge in [0.2, 0.25) is 0 Å². The Bertz CT molecular complexity index is 1630. The van der Waals surface area contributed by atoms with Gasteiger partial charge in [0.25, 0.3) is 5.91 Å². The van der Waals surface area contributed by atoms with Crippen molar-refractivity contribution in [2.24, 2.45) is 5.84 Å². The molecule has 4 aromatic rings. The molecule has 5 N–H and O–H groups in total. The molecule has 1 amide bonds. The smallest absolute Gasteiger partial charge is 0.266 e. The van der Waals surface area contributed by atoms with Crippen LogP contribution in [0.4, 0.5) is 5.82 Å². The van der Waals surface area contributed by atoms with Gasteiger partial charge in [-0.25, -0.2) is 23.9 Å². The zero-order valence-corrected chi connectivity index (χ0v) is 23.1. The van der Waals surface area contributed by atoms with E-state index in [0.29, 0.717) is 49.2 Å². The van der Waals surface area contributed by atoms with Crippen molar-refractivity contribution in [1.82, 2.24) is 29.8 Å². The fourth-order valence-corrected chi connectivity index (χ4v) is 6.37. The van der Waals surface area contributed by atoms with Crippen molar-refractivity contribution in [2.45, 2.75) is 42.1 Å². The zero-order valence-electron chi connectivity index (χ0n) is 22.3. The number of carbonyl (C=O) groups excluding carboxylic acids is 1. The molecule has 1 saturated carbocycles. The molecule has 0 aliphatic heterocycles. The first kappa shape index (κ1) is 27.7. The molecule has 212 valence electrons. The van der Waals surface area contributed by atoms with Crippen LogP contribution in [0.1, 0.15) is 37.3 Å². The fraction of sp³-hybridized carbons (Fsp3) is 0.385. The maximum absolute atomic E-state index is 13.0. The lowest BCUT2D eigenvalue weighted by molar-refractivity contribution is -0.154. The molecule has 1 aliphatic carbocycles. The maximum atomic E-state index is 13.0. The monoisotopic (exact) mass is 568 g/mol. The lowest BCUT2D eigenvalue weighted by Gasteiger charge is -2.38. The van der Waals surface area contributed by atoms with Gasteiger partial charge in [-0.2, -0.15) is 14.7 Å². The Kier molecular flexibility index (Phi) is 7.59. The Balaban J connectivity index is 1.54. The molecule has 1 aromatic carbocycles. The summed E-state index contributed by atoms with van der Waals surface area (Å²) in [5.74, 6) is 4.72. The molecule has 40 heavy (non-hydrogen) atoms. The SMILES string of the molecule is COCCOC1(C(=O)NN)CCC(c2nc3c(-c4cnn(-c5ccccc5)c4)cnn3c(N)c2S(C)(=O)=O)CC1. The van der Waals surface area contributed by atoms with Crippen LogP contribution in [0.3, 0.4) is 0 Å². The normalized spacial score (nSPS) is 19.6. The minimum absolute atomic E-state index is 0.0166. The standard InChI is InChI=1S/C26H32N8O5S/c1-38-12-13-39-26(25(35)32-28)10-8-17(9-11-26)21-22(40(2,36)37)23(27)34-24(31-21)20(15-30-34)18-14-29-33(16-18)19-6-4-3-5-7-19/h3-7,14-17H,8-13,27-28H2,1-2H3,(H,32,35). The van der Waals surface area contributed by atoms with Gasteiger partial charge in [0.15, 0.2) is 15.5 Å². The average molecular weight is 569 g/mol. The van der Waals surface area contributed by atoms with Crippen LogP contribution >= 0.6 is 0 Å². The zero-order chi connectivity index (χ0) is 28.5. The Labute approximate surface area is 231 Å². The highest BCUT2D eigenvalue weighted by molar-refractivity contribution is 7.91. The number of hydrogen-bond acceptors (Lipinski definition) is 10. The molecule has 0 spiro atoms. The maximum Gasteiger partial charge on any atom is 0.266 e. The second kappa shape index (κ2) is 11.0. The molecule has 3 aromatic heterocycles. The Morgan fingerprint density at radius 2 is 1.88 bits per heavy atom. The number of hydrogen-bond donors (Lipinski definition) is 3. The second-order valence-electron chi connectivity index (χ2n) is 9.87. The lowest BCUT2D eigenvalue weighted by atomic mass is 9.76. The number of amides is 1. The summed E-state index contributed by atoms with van der Waals surface area (Å²) >= 11 is 0. The van der Waals surface area contributed by atoms with Crippen LogP contribution in [0, 0.1) is 0 Å². The summed E-state index contributed by atoms with van der Waals surface area (Å²) in [6.45, 7) is 0.539. The number of para-hydroxylation sites is 1. The van der Waals surface area contributed by atoms with Crippen molar-refractivity contribution in [3.63, 3.8) is 0 Å². The van der Waals surface area contributed by atoms with Crippen LogP contribution in [0.5, 0.6) is 0 Å². The Hall–Kier alpha value is -3.85. The Morgan fingerprint density at radius 1 is 1.15 bits per heavy atom. The molecule has 3 heterocycles. The molecule has 0 saturated heterocycles. The molecular weight excluding hydrogens is 536 g/mol. The third-order valence-corrected chi connectivity index (χ3v) is 8.50. The van der Waals surface area contributed by atoms with E-state index in [0.717, 1.165) is 17.5 Å². The number of ether oxygens (including phenoxy) is 2. The van der Waals surface area contributed by atoms with Gasteiger partial charge in [0, 0.05) is 36.6 Å². The summed E-state index contributed by atoms with van der Waals surface area (Å²) < 4.78 is 40.0. The number of methoxy groups -OCH3 is 1. The van der Waals surface area contributed by atoms with Crippen LogP contribution in [0.15, 0.2) is 53.8 Å². The number of aromatic nitrogens is 5. The topological polar surface area (TPSA) is 182 Å². The number of nitrogens with zero attached hydrogens (tertiary/aromatic N) is 5. The van der Waals surface area contributed by atoms with Gasteiger partial charge < -0.3 is 15.2 Å². The Morgan fingerprint density at radius 3 is 2.52 bits per heavy atom. The number of anilines is 1. The van der Waals surface area contributed by atoms with E-state index in [1.807, 2.05) is 36.5 Å². The number of nitrogen functional groups attached to an aromatic ring is 1. The average Bonchev–Trinajstić information content (AvgIpc) is 3.60. The number of fused-ring (bicyclic) bond motifs is 1. The summed E-state index contributed by atoms with van der Waals surface area (Å²) in [7, 11) is -2.22. The first-order valence-electron chi connectivity index (χ1n) is 12.8. The number of nitrogens with one attached hydrogen (secondary N) is 1. The first-order chi connectivity index (χ1) is 19.2. The van der Waals surface area contributed by atoms with E-state index in [9.17, 15) is 13.2 Å². The van der Waals surface area contributed by atoms with E-state index in [4.69, 9.17) is 26.0 Å². The van der Waals surface area contributed by atoms with Crippen LogP contribution in [0.2, 0.25) is 0 Å². The molecule has 0 radical (unpaired) electrons. The van der Waals surface area contributed by atoms with Gasteiger partial charge in [-0.15, -0.1) is 0 Å². The van der Waals surface area contributed by atoms with E-state index in [2.05, 4.69) is 15.6 Å². The van der Waals surface area contributed by atoms with Crippen LogP contribution in [0.25, 0.3) is 22.5 Å². The highest BCUT2D eigenvalue weighted by Crippen LogP contribution is 2.43. The van der Waals surface area contributed by atoms with Crippen molar-refractivity contribution in [1.29, 1.82) is 0 Å². The third kappa shape index (κ3) is 5.06. The number of hydrazine groups is 1. The number of carbonyl (C=O) groups is 1.